The summed E-state index contributed by atoms with van der Waals surface area (Å²) in [5.41, 5.74) is 9.49. The number of likely N-dealkylation sites (N-methyl/N-ethyl adjacent to an activating group) is 1. The topological polar surface area (TPSA) is 57.9 Å². The number of aromatic amines is 1. The molecule has 0 aliphatic carbocycles. The molecule has 1 saturated heterocycles. The molecule has 1 aliphatic rings. The summed E-state index contributed by atoms with van der Waals surface area (Å²) in [6.45, 7) is 2.24. The van der Waals surface area contributed by atoms with Crippen molar-refractivity contribution in [3.8, 4) is 11.1 Å². The highest BCUT2D eigenvalue weighted by molar-refractivity contribution is 5.76. The maximum atomic E-state index is 5.90. The van der Waals surface area contributed by atoms with Crippen molar-refractivity contribution in [1.82, 2.24) is 15.1 Å². The van der Waals surface area contributed by atoms with E-state index in [4.69, 9.17) is 5.73 Å². The quantitative estimate of drug-likeness (QED) is 0.822. The van der Waals surface area contributed by atoms with Crippen LogP contribution in [0.2, 0.25) is 0 Å². The molecule has 2 aromatic rings. The van der Waals surface area contributed by atoms with E-state index in [9.17, 15) is 0 Å². The second-order valence-electron chi connectivity index (χ2n) is 4.70. The Balaban J connectivity index is 2.02. The van der Waals surface area contributed by atoms with E-state index in [1.165, 1.54) is 11.1 Å². The fourth-order valence-corrected chi connectivity index (χ4v) is 2.50. The number of nitrogen functional groups attached to an aromatic ring is 1. The van der Waals surface area contributed by atoms with Crippen LogP contribution in [0.15, 0.2) is 30.5 Å². The number of nitrogens with one attached hydrogen (secondary N) is 1. The van der Waals surface area contributed by atoms with E-state index in [0.29, 0.717) is 11.7 Å². The van der Waals surface area contributed by atoms with Gasteiger partial charge in [-0.05, 0) is 18.2 Å². The maximum Gasteiger partial charge on any atom is 0.126 e. The van der Waals surface area contributed by atoms with E-state index in [-0.39, 0.29) is 0 Å². The zero-order valence-corrected chi connectivity index (χ0v) is 9.85. The van der Waals surface area contributed by atoms with Gasteiger partial charge in [-0.1, -0.05) is 24.3 Å². The van der Waals surface area contributed by atoms with Gasteiger partial charge in [0.15, 0.2) is 0 Å². The molecule has 17 heavy (non-hydrogen) atoms. The standard InChI is InChI=1S/C13H16N4/c1-17-7-9(8-17)10-4-2-3-5-11(10)12-6-15-16-13(12)14/h2-6,9H,7-8H2,1H3,(H3,14,15,16). The smallest absolute Gasteiger partial charge is 0.126 e. The fourth-order valence-electron chi connectivity index (χ4n) is 2.50. The third-order valence-corrected chi connectivity index (χ3v) is 3.42. The van der Waals surface area contributed by atoms with Crippen molar-refractivity contribution in [1.29, 1.82) is 0 Å². The second-order valence-corrected chi connectivity index (χ2v) is 4.70. The highest BCUT2D eigenvalue weighted by atomic mass is 15.2. The lowest BCUT2D eigenvalue weighted by Crippen LogP contribution is -2.41. The summed E-state index contributed by atoms with van der Waals surface area (Å²) in [4.78, 5) is 2.32. The van der Waals surface area contributed by atoms with Crippen molar-refractivity contribution in [3.05, 3.63) is 36.0 Å². The molecular weight excluding hydrogens is 212 g/mol. The van der Waals surface area contributed by atoms with Crippen molar-refractivity contribution in [2.24, 2.45) is 0 Å². The molecule has 0 saturated carbocycles. The molecule has 0 bridgehead atoms. The zero-order chi connectivity index (χ0) is 11.8. The van der Waals surface area contributed by atoms with E-state index in [1.54, 1.807) is 6.20 Å². The summed E-state index contributed by atoms with van der Waals surface area (Å²) >= 11 is 0. The molecule has 1 fully saturated rings. The van der Waals surface area contributed by atoms with Crippen LogP contribution in [-0.4, -0.2) is 35.2 Å². The molecule has 3 N–H and O–H groups in total. The summed E-state index contributed by atoms with van der Waals surface area (Å²) in [7, 11) is 2.14. The predicted octanol–water partition coefficient (Wildman–Crippen LogP) is 1.69. The van der Waals surface area contributed by atoms with Gasteiger partial charge in [-0.15, -0.1) is 0 Å². The van der Waals surface area contributed by atoms with Gasteiger partial charge in [0, 0.05) is 24.6 Å². The minimum atomic E-state index is 0.616. The van der Waals surface area contributed by atoms with Crippen molar-refractivity contribution >= 4 is 5.82 Å². The lowest BCUT2D eigenvalue weighted by atomic mass is 9.86. The lowest BCUT2D eigenvalue weighted by Gasteiger charge is -2.37. The molecule has 0 unspecified atom stereocenters. The Bertz CT molecular complexity index is 526. The third kappa shape index (κ3) is 1.70. The monoisotopic (exact) mass is 228 g/mol. The Morgan fingerprint density at radius 3 is 2.71 bits per heavy atom. The first-order valence-electron chi connectivity index (χ1n) is 5.82. The summed E-state index contributed by atoms with van der Waals surface area (Å²) in [6.07, 6.45) is 1.80. The predicted molar refractivity (Wildman–Crippen MR) is 68.7 cm³/mol. The first-order chi connectivity index (χ1) is 8.25. The van der Waals surface area contributed by atoms with Crippen LogP contribution >= 0.6 is 0 Å². The van der Waals surface area contributed by atoms with E-state index >= 15 is 0 Å². The molecule has 0 radical (unpaired) electrons. The molecule has 3 rings (SSSR count). The Labute approximate surface area is 100 Å². The molecule has 0 atom stereocenters. The molecule has 2 heterocycles. The maximum absolute atomic E-state index is 5.90. The Kier molecular flexibility index (Phi) is 2.37. The normalized spacial score (nSPS) is 17.0. The van der Waals surface area contributed by atoms with Crippen LogP contribution in [0.5, 0.6) is 0 Å². The SMILES string of the molecule is CN1CC(c2ccccc2-c2cn[nH]c2N)C1. The second kappa shape index (κ2) is 3.89. The number of hydrogen-bond acceptors (Lipinski definition) is 3. The third-order valence-electron chi connectivity index (χ3n) is 3.42. The highest BCUT2D eigenvalue weighted by Gasteiger charge is 2.27. The number of anilines is 1. The number of benzene rings is 1. The molecule has 1 aromatic carbocycles. The van der Waals surface area contributed by atoms with Gasteiger partial charge in [0.2, 0.25) is 0 Å². The molecule has 88 valence electrons. The zero-order valence-electron chi connectivity index (χ0n) is 9.85. The van der Waals surface area contributed by atoms with Crippen LogP contribution in [0.3, 0.4) is 0 Å². The van der Waals surface area contributed by atoms with E-state index in [0.717, 1.165) is 18.7 Å². The largest absolute Gasteiger partial charge is 0.384 e. The summed E-state index contributed by atoms with van der Waals surface area (Å²) in [5, 5.41) is 6.79. The molecule has 1 aromatic heterocycles. The van der Waals surface area contributed by atoms with Gasteiger partial charge < -0.3 is 10.6 Å². The minimum Gasteiger partial charge on any atom is -0.384 e. The van der Waals surface area contributed by atoms with E-state index in [2.05, 4.69) is 40.3 Å². The molecule has 4 heteroatoms. The first kappa shape index (κ1) is 10.4. The average Bonchev–Trinajstić information content (AvgIpc) is 2.71. The van der Waals surface area contributed by atoms with Gasteiger partial charge in [0.1, 0.15) is 5.82 Å². The Morgan fingerprint density at radius 2 is 2.06 bits per heavy atom. The van der Waals surface area contributed by atoms with E-state index in [1.807, 2.05) is 6.07 Å². The average molecular weight is 228 g/mol. The number of likely N-dealkylation sites (tertiary alicyclic amines) is 1. The van der Waals surface area contributed by atoms with Gasteiger partial charge in [-0.3, -0.25) is 5.10 Å². The first-order valence-corrected chi connectivity index (χ1v) is 5.82. The molecule has 0 spiro atoms. The van der Waals surface area contributed by atoms with Crippen LogP contribution in [0, 0.1) is 0 Å². The number of H-pyrrole nitrogens is 1. The van der Waals surface area contributed by atoms with Gasteiger partial charge in [-0.25, -0.2) is 0 Å². The van der Waals surface area contributed by atoms with Crippen LogP contribution < -0.4 is 5.73 Å². The number of hydrogen-bond donors (Lipinski definition) is 2. The van der Waals surface area contributed by atoms with E-state index < -0.39 is 0 Å². The van der Waals surface area contributed by atoms with Gasteiger partial charge >= 0.3 is 0 Å². The summed E-state index contributed by atoms with van der Waals surface area (Å²) in [5.74, 6) is 1.26. The van der Waals surface area contributed by atoms with Crippen molar-refractivity contribution in [2.75, 3.05) is 25.9 Å². The van der Waals surface area contributed by atoms with Crippen molar-refractivity contribution in [3.63, 3.8) is 0 Å². The lowest BCUT2D eigenvalue weighted by molar-refractivity contribution is 0.190. The number of nitrogens with two attached hydrogens (primary N) is 1. The number of rotatable bonds is 2. The molecule has 0 amide bonds. The number of nitrogens with zero attached hydrogens (tertiary/aromatic N) is 2. The molecule has 4 nitrogen and oxygen atoms in total. The summed E-state index contributed by atoms with van der Waals surface area (Å²) in [6, 6.07) is 8.45. The number of aromatic nitrogens is 2. The molecule has 1 aliphatic heterocycles. The van der Waals surface area contributed by atoms with Gasteiger partial charge in [0.25, 0.3) is 0 Å². The van der Waals surface area contributed by atoms with Crippen LogP contribution in [0.4, 0.5) is 5.82 Å². The van der Waals surface area contributed by atoms with Crippen LogP contribution in [0.25, 0.3) is 11.1 Å². The van der Waals surface area contributed by atoms with Crippen molar-refractivity contribution < 1.29 is 0 Å². The van der Waals surface area contributed by atoms with Crippen molar-refractivity contribution in [2.45, 2.75) is 5.92 Å². The van der Waals surface area contributed by atoms with Gasteiger partial charge in [0.05, 0.1) is 6.20 Å². The Hall–Kier alpha value is -1.81. The minimum absolute atomic E-state index is 0.616. The van der Waals surface area contributed by atoms with Crippen LogP contribution in [-0.2, 0) is 0 Å². The fraction of sp³-hybridized carbons (Fsp3) is 0.308. The highest BCUT2D eigenvalue weighted by Crippen LogP contribution is 2.35. The van der Waals surface area contributed by atoms with Gasteiger partial charge in [-0.2, -0.15) is 5.10 Å². The Morgan fingerprint density at radius 1 is 1.29 bits per heavy atom. The summed E-state index contributed by atoms with van der Waals surface area (Å²) < 4.78 is 0. The van der Waals surface area contributed by atoms with Crippen LogP contribution in [0.1, 0.15) is 11.5 Å². The molecular formula is C13H16N4.